The molecule has 1 aliphatic rings. The van der Waals surface area contributed by atoms with E-state index in [-0.39, 0.29) is 11.8 Å². The molecule has 0 aliphatic carbocycles. The van der Waals surface area contributed by atoms with Crippen molar-refractivity contribution in [2.75, 3.05) is 26.2 Å². The normalized spacial score (nSPS) is 14.6. The second-order valence-electron chi connectivity index (χ2n) is 7.61. The van der Waals surface area contributed by atoms with Gasteiger partial charge in [-0.3, -0.25) is 9.59 Å². The third-order valence-electron chi connectivity index (χ3n) is 5.10. The van der Waals surface area contributed by atoms with Crippen LogP contribution in [0, 0.1) is 5.92 Å². The van der Waals surface area contributed by atoms with Crippen LogP contribution < -0.4 is 0 Å². The molecule has 1 aromatic heterocycles. The minimum atomic E-state index is 0.0465. The van der Waals surface area contributed by atoms with Crippen molar-refractivity contribution in [3.8, 4) is 0 Å². The molecule has 2 aromatic rings. The number of aromatic nitrogens is 1. The molecule has 0 unspecified atom stereocenters. The molecule has 0 atom stereocenters. The smallest absolute Gasteiger partial charge is 0.270 e. The summed E-state index contributed by atoms with van der Waals surface area (Å²) >= 11 is 0. The van der Waals surface area contributed by atoms with Gasteiger partial charge in [-0.1, -0.05) is 44.2 Å². The van der Waals surface area contributed by atoms with Crippen LogP contribution in [0.25, 0.3) is 0 Å². The SMILES string of the molecule is CC(C)CCC(=O)N1CCN(C(=O)c2cccn2Cc2ccccc2)CC1. The lowest BCUT2D eigenvalue weighted by molar-refractivity contribution is -0.132. The zero-order chi connectivity index (χ0) is 19.2. The fourth-order valence-corrected chi connectivity index (χ4v) is 3.42. The molecule has 144 valence electrons. The summed E-state index contributed by atoms with van der Waals surface area (Å²) in [6, 6.07) is 13.9. The summed E-state index contributed by atoms with van der Waals surface area (Å²) in [7, 11) is 0. The first-order chi connectivity index (χ1) is 13.0. The van der Waals surface area contributed by atoms with Crippen molar-refractivity contribution >= 4 is 11.8 Å². The van der Waals surface area contributed by atoms with E-state index in [1.807, 2.05) is 50.9 Å². The van der Waals surface area contributed by atoms with Crippen LogP contribution in [0.1, 0.15) is 42.7 Å². The van der Waals surface area contributed by atoms with Crippen molar-refractivity contribution < 1.29 is 9.59 Å². The molecule has 1 saturated heterocycles. The first-order valence-electron chi connectivity index (χ1n) is 9.80. The molecule has 5 nitrogen and oxygen atoms in total. The van der Waals surface area contributed by atoms with Crippen molar-refractivity contribution in [1.82, 2.24) is 14.4 Å². The molecule has 0 N–H and O–H groups in total. The zero-order valence-electron chi connectivity index (χ0n) is 16.3. The molecule has 0 bridgehead atoms. The number of carbonyl (C=O) groups is 2. The molecule has 27 heavy (non-hydrogen) atoms. The molecule has 5 heteroatoms. The molecule has 0 radical (unpaired) electrons. The third kappa shape index (κ3) is 5.00. The van der Waals surface area contributed by atoms with Gasteiger partial charge >= 0.3 is 0 Å². The largest absolute Gasteiger partial charge is 0.339 e. The second-order valence-corrected chi connectivity index (χ2v) is 7.61. The fourth-order valence-electron chi connectivity index (χ4n) is 3.42. The average molecular weight is 367 g/mol. The Hall–Kier alpha value is -2.56. The molecule has 2 amide bonds. The number of carbonyl (C=O) groups excluding carboxylic acids is 2. The molecule has 1 aliphatic heterocycles. The number of rotatable bonds is 6. The number of hydrogen-bond donors (Lipinski definition) is 0. The van der Waals surface area contributed by atoms with E-state index >= 15 is 0 Å². The van der Waals surface area contributed by atoms with Crippen LogP contribution in [-0.4, -0.2) is 52.4 Å². The van der Waals surface area contributed by atoms with Gasteiger partial charge in [-0.15, -0.1) is 0 Å². The van der Waals surface area contributed by atoms with E-state index in [4.69, 9.17) is 0 Å². The van der Waals surface area contributed by atoms with Crippen LogP contribution in [-0.2, 0) is 11.3 Å². The maximum atomic E-state index is 13.0. The Balaban J connectivity index is 1.57. The Morgan fingerprint density at radius 3 is 2.26 bits per heavy atom. The van der Waals surface area contributed by atoms with E-state index in [1.165, 1.54) is 5.56 Å². The second kappa shape index (κ2) is 8.89. The van der Waals surface area contributed by atoms with Gasteiger partial charge in [0.25, 0.3) is 5.91 Å². The predicted octanol–water partition coefficient (Wildman–Crippen LogP) is 3.26. The van der Waals surface area contributed by atoms with Crippen LogP contribution in [0.2, 0.25) is 0 Å². The van der Waals surface area contributed by atoms with Gasteiger partial charge in [0.15, 0.2) is 0 Å². The highest BCUT2D eigenvalue weighted by Crippen LogP contribution is 2.14. The Bertz CT molecular complexity index is 759. The Labute approximate surface area is 161 Å². The van der Waals surface area contributed by atoms with E-state index in [0.717, 1.165) is 6.42 Å². The van der Waals surface area contributed by atoms with Gasteiger partial charge in [0.1, 0.15) is 5.69 Å². The van der Waals surface area contributed by atoms with Crippen LogP contribution in [0.4, 0.5) is 0 Å². The lowest BCUT2D eigenvalue weighted by Crippen LogP contribution is -2.50. The summed E-state index contributed by atoms with van der Waals surface area (Å²) in [6.07, 6.45) is 3.47. The van der Waals surface area contributed by atoms with Crippen molar-refractivity contribution in [3.05, 3.63) is 59.9 Å². The summed E-state index contributed by atoms with van der Waals surface area (Å²) in [6.45, 7) is 7.40. The predicted molar refractivity (Wildman–Crippen MR) is 107 cm³/mol. The summed E-state index contributed by atoms with van der Waals surface area (Å²) in [5.41, 5.74) is 1.88. The van der Waals surface area contributed by atoms with Crippen LogP contribution in [0.3, 0.4) is 0 Å². The van der Waals surface area contributed by atoms with E-state index in [1.54, 1.807) is 0 Å². The monoisotopic (exact) mass is 367 g/mol. The first kappa shape index (κ1) is 19.2. The highest BCUT2D eigenvalue weighted by atomic mass is 16.2. The van der Waals surface area contributed by atoms with E-state index in [9.17, 15) is 9.59 Å². The van der Waals surface area contributed by atoms with Gasteiger partial charge in [0, 0.05) is 45.3 Å². The van der Waals surface area contributed by atoms with E-state index in [0.29, 0.717) is 50.8 Å². The lowest BCUT2D eigenvalue weighted by Gasteiger charge is -2.35. The minimum Gasteiger partial charge on any atom is -0.339 e. The van der Waals surface area contributed by atoms with Gasteiger partial charge in [-0.25, -0.2) is 0 Å². The molecular formula is C22H29N3O2. The van der Waals surface area contributed by atoms with Crippen molar-refractivity contribution in [2.45, 2.75) is 33.2 Å². The standard InChI is InChI=1S/C22H29N3O2/c1-18(2)10-11-21(26)23-13-15-24(16-14-23)22(27)20-9-6-12-25(20)17-19-7-4-3-5-8-19/h3-9,12,18H,10-11,13-17H2,1-2H3. The van der Waals surface area contributed by atoms with Gasteiger partial charge in [0.2, 0.25) is 5.91 Å². The summed E-state index contributed by atoms with van der Waals surface area (Å²) in [5, 5.41) is 0. The lowest BCUT2D eigenvalue weighted by atomic mass is 10.1. The summed E-state index contributed by atoms with van der Waals surface area (Å²) < 4.78 is 2.00. The van der Waals surface area contributed by atoms with Crippen molar-refractivity contribution in [1.29, 1.82) is 0 Å². The average Bonchev–Trinajstić information content (AvgIpc) is 3.14. The topological polar surface area (TPSA) is 45.6 Å². The number of nitrogens with zero attached hydrogens (tertiary/aromatic N) is 3. The number of benzene rings is 1. The summed E-state index contributed by atoms with van der Waals surface area (Å²) in [5.74, 6) is 0.794. The Morgan fingerprint density at radius 1 is 0.926 bits per heavy atom. The third-order valence-corrected chi connectivity index (χ3v) is 5.10. The van der Waals surface area contributed by atoms with Gasteiger partial charge < -0.3 is 14.4 Å². The Kier molecular flexibility index (Phi) is 6.32. The molecule has 1 fully saturated rings. The van der Waals surface area contributed by atoms with Crippen LogP contribution in [0.15, 0.2) is 48.7 Å². The number of amides is 2. The molecule has 1 aromatic carbocycles. The zero-order valence-corrected chi connectivity index (χ0v) is 16.3. The van der Waals surface area contributed by atoms with Crippen LogP contribution >= 0.6 is 0 Å². The molecular weight excluding hydrogens is 338 g/mol. The first-order valence-corrected chi connectivity index (χ1v) is 9.80. The highest BCUT2D eigenvalue weighted by Gasteiger charge is 2.26. The van der Waals surface area contributed by atoms with E-state index < -0.39 is 0 Å². The Morgan fingerprint density at radius 2 is 1.59 bits per heavy atom. The molecule has 0 saturated carbocycles. The fraction of sp³-hybridized carbons (Fsp3) is 0.455. The molecule has 0 spiro atoms. The van der Waals surface area contributed by atoms with Gasteiger partial charge in [-0.2, -0.15) is 0 Å². The van der Waals surface area contributed by atoms with Gasteiger partial charge in [-0.05, 0) is 30.0 Å². The van der Waals surface area contributed by atoms with Crippen LogP contribution in [0.5, 0.6) is 0 Å². The quantitative estimate of drug-likeness (QED) is 0.787. The van der Waals surface area contributed by atoms with Gasteiger partial charge in [0.05, 0.1) is 0 Å². The minimum absolute atomic E-state index is 0.0465. The maximum absolute atomic E-state index is 13.0. The molecule has 2 heterocycles. The highest BCUT2D eigenvalue weighted by molar-refractivity contribution is 5.93. The maximum Gasteiger partial charge on any atom is 0.270 e. The van der Waals surface area contributed by atoms with E-state index in [2.05, 4.69) is 26.0 Å². The van der Waals surface area contributed by atoms with Crippen molar-refractivity contribution in [3.63, 3.8) is 0 Å². The number of piperazine rings is 1. The summed E-state index contributed by atoms with van der Waals surface area (Å²) in [4.78, 5) is 29.0. The molecule has 3 rings (SSSR count). The van der Waals surface area contributed by atoms with Crippen molar-refractivity contribution in [2.24, 2.45) is 5.92 Å². The number of hydrogen-bond acceptors (Lipinski definition) is 2.